The van der Waals surface area contributed by atoms with Gasteiger partial charge >= 0.3 is 12.3 Å². The number of nitro benzene ring substituents is 1. The zero-order chi connectivity index (χ0) is 85.0. The second-order valence-corrected chi connectivity index (χ2v) is 32.9. The van der Waals surface area contributed by atoms with Crippen molar-refractivity contribution in [1.29, 1.82) is 0 Å². The van der Waals surface area contributed by atoms with Gasteiger partial charge in [0.25, 0.3) is 5.69 Å². The van der Waals surface area contributed by atoms with E-state index in [0.717, 1.165) is 155 Å². The molecule has 0 fully saturated rings. The summed E-state index contributed by atoms with van der Waals surface area (Å²) in [5.74, 6) is 0.252. The summed E-state index contributed by atoms with van der Waals surface area (Å²) in [6.45, 7) is 22.0. The van der Waals surface area contributed by atoms with E-state index < -0.39 is 17.2 Å². The van der Waals surface area contributed by atoms with E-state index in [1.807, 2.05) is 0 Å². The highest BCUT2D eigenvalue weighted by Gasteiger charge is 2.19. The standard InChI is InChI=1S/C48H90N2O3.C44H71NO5.C10H24N2O/c1-6-9-12-14-16-18-20-22-24-26-28-30-32-34-36-38-40-47(53-48(51)52-46-45-50(42-11-8-3)44-43-49(4)5)41-39-37-35-33-31-29-27-25-23-21-19-17-15-13-10-7-2;1-3-5-7-9-11-13-15-17-19-21-23-25-27-29-31-33-35-42(49-44(46)50-43-39-37-41(38-40-43)45(47)48)36-34-32-30-28-26-24-22-20-18-16-14-12-10-8-6-4-2;1-4-5-6-12(9-10-13)8-7-11(2)3/h16-19,22-25,47H,6-15,20-21,26-46H2,1-5H3;11-14,17-20,37-40,42H,3-10,15-16,21-36H2,1-2H3;13H,4-10H2,1-3H3/b18-16-,19-17-,24-22-,25-23-;13-11-,14-12-,19-17-,20-18-;. The van der Waals surface area contributed by atoms with Gasteiger partial charge in [-0.25, -0.2) is 9.59 Å². The minimum Gasteiger partial charge on any atom is -0.433 e. The van der Waals surface area contributed by atoms with Crippen LogP contribution in [0.3, 0.4) is 0 Å². The van der Waals surface area contributed by atoms with Gasteiger partial charge in [0.15, 0.2) is 0 Å². The zero-order valence-electron chi connectivity index (χ0n) is 77.3. The first kappa shape index (κ1) is 113. The summed E-state index contributed by atoms with van der Waals surface area (Å²) in [4.78, 5) is 44.9. The van der Waals surface area contributed by atoms with Crippen LogP contribution in [0.1, 0.15) is 401 Å². The van der Waals surface area contributed by atoms with Crippen LogP contribution in [0.2, 0.25) is 0 Å². The quantitative estimate of drug-likeness (QED) is 0.0165. The predicted octanol–water partition coefficient (Wildman–Crippen LogP) is 30.1. The molecule has 0 aliphatic heterocycles. The van der Waals surface area contributed by atoms with E-state index in [-0.39, 0.29) is 30.3 Å². The van der Waals surface area contributed by atoms with E-state index in [0.29, 0.717) is 6.61 Å². The van der Waals surface area contributed by atoms with Crippen LogP contribution in [-0.4, -0.2) is 148 Å². The van der Waals surface area contributed by atoms with Gasteiger partial charge in [-0.15, -0.1) is 0 Å². The Hall–Kier alpha value is -5.12. The van der Waals surface area contributed by atoms with E-state index in [9.17, 15) is 19.7 Å². The molecule has 1 N–H and O–H groups in total. The first-order valence-electron chi connectivity index (χ1n) is 48.3. The molecule has 0 aliphatic rings. The molecular weight excluding hydrogens is 1440 g/mol. The lowest BCUT2D eigenvalue weighted by Gasteiger charge is -2.24. The summed E-state index contributed by atoms with van der Waals surface area (Å²) in [5.41, 5.74) is -0.0432. The average Bonchev–Trinajstić information content (AvgIpc) is 0.887. The van der Waals surface area contributed by atoms with Crippen molar-refractivity contribution in [2.75, 3.05) is 93.8 Å². The van der Waals surface area contributed by atoms with Gasteiger partial charge in [0.2, 0.25) is 0 Å². The molecule has 0 unspecified atom stereocenters. The number of benzene rings is 1. The molecule has 0 amide bonds. The Kier molecular flexibility index (Phi) is 91.3. The number of aliphatic hydroxyl groups excluding tert-OH is 1. The van der Waals surface area contributed by atoms with Crippen molar-refractivity contribution in [3.8, 4) is 5.75 Å². The minimum absolute atomic E-state index is 0.0240. The van der Waals surface area contributed by atoms with Gasteiger partial charge in [0, 0.05) is 51.4 Å². The number of carbonyl (C=O) groups excluding carboxylic acids is 2. The first-order chi connectivity index (χ1) is 56.8. The molecular formula is C102H185N5O9. The maximum atomic E-state index is 12.8. The van der Waals surface area contributed by atoms with Gasteiger partial charge in [0.1, 0.15) is 24.6 Å². The number of non-ortho nitro benzene ring substituents is 1. The molecule has 0 heterocycles. The number of likely N-dealkylation sites (N-methyl/N-ethyl adjacent to an activating group) is 2. The van der Waals surface area contributed by atoms with Gasteiger partial charge in [-0.2, -0.15) is 0 Å². The molecule has 672 valence electrons. The molecule has 1 aromatic carbocycles. The van der Waals surface area contributed by atoms with Crippen molar-refractivity contribution in [3.63, 3.8) is 0 Å². The van der Waals surface area contributed by atoms with Crippen molar-refractivity contribution in [2.24, 2.45) is 0 Å². The molecule has 0 aromatic heterocycles. The Morgan fingerprint density at radius 1 is 0.336 bits per heavy atom. The van der Waals surface area contributed by atoms with Crippen molar-refractivity contribution < 1.29 is 38.6 Å². The lowest BCUT2D eigenvalue weighted by atomic mass is 10.0. The number of rotatable bonds is 81. The van der Waals surface area contributed by atoms with Gasteiger partial charge in [-0.1, -0.05) is 306 Å². The summed E-state index contributed by atoms with van der Waals surface area (Å²) in [7, 11) is 8.38. The molecule has 0 bridgehead atoms. The predicted molar refractivity (Wildman–Crippen MR) is 503 cm³/mol. The topological polar surface area (TPSA) is 147 Å². The molecule has 1 aromatic rings. The number of nitrogens with zero attached hydrogens (tertiary/aromatic N) is 5. The molecule has 0 saturated heterocycles. The molecule has 0 aliphatic carbocycles. The van der Waals surface area contributed by atoms with Crippen LogP contribution in [0.4, 0.5) is 15.3 Å². The molecule has 14 nitrogen and oxygen atoms in total. The second kappa shape index (κ2) is 93.7. The highest BCUT2D eigenvalue weighted by atomic mass is 16.7. The largest absolute Gasteiger partial charge is 0.514 e. The van der Waals surface area contributed by atoms with Crippen LogP contribution in [-0.2, 0) is 14.2 Å². The summed E-state index contributed by atoms with van der Waals surface area (Å²) < 4.78 is 22.7. The van der Waals surface area contributed by atoms with Gasteiger partial charge in [-0.3, -0.25) is 19.9 Å². The van der Waals surface area contributed by atoms with E-state index in [1.165, 1.54) is 281 Å². The van der Waals surface area contributed by atoms with Crippen molar-refractivity contribution in [1.82, 2.24) is 19.6 Å². The Bertz CT molecular complexity index is 2380. The Labute approximate surface area is 716 Å². The lowest BCUT2D eigenvalue weighted by molar-refractivity contribution is -0.384. The third-order valence-corrected chi connectivity index (χ3v) is 21.1. The first-order valence-corrected chi connectivity index (χ1v) is 48.3. The molecule has 116 heavy (non-hydrogen) atoms. The average molecular weight is 1630 g/mol. The minimum atomic E-state index is -0.732. The van der Waals surface area contributed by atoms with Crippen LogP contribution < -0.4 is 4.74 Å². The van der Waals surface area contributed by atoms with Crippen LogP contribution in [0, 0.1) is 10.1 Å². The maximum Gasteiger partial charge on any atom is 0.514 e. The summed E-state index contributed by atoms with van der Waals surface area (Å²) in [5, 5.41) is 19.8. The number of nitro groups is 1. The molecule has 0 atom stereocenters. The number of ether oxygens (including phenoxy) is 4. The highest BCUT2D eigenvalue weighted by Crippen LogP contribution is 2.23. The normalized spacial score (nSPS) is 12.1. The van der Waals surface area contributed by atoms with Gasteiger partial charge < -0.3 is 33.9 Å². The number of carbonyl (C=O) groups is 2. The van der Waals surface area contributed by atoms with Crippen molar-refractivity contribution >= 4 is 18.0 Å². The second-order valence-electron chi connectivity index (χ2n) is 32.9. The summed E-state index contributed by atoms with van der Waals surface area (Å²) >= 11 is 0. The molecule has 1 rings (SSSR count). The highest BCUT2D eigenvalue weighted by molar-refractivity contribution is 5.64. The SMILES string of the molecule is CCCCC/C=C\C/C=C\CCCCCCCCC(CCCCCCCC/C=C\C/C=C\CCCCC)OC(=O)OCCN(CCCC)CCN(C)C.CCCCC/C=C\C/C=C\CCCCCCCCC(CCCCCCCC/C=C\C/C=C\CCCCC)OC(=O)Oc1ccc([N+](=O)[O-])cc1.CCCCN(CCO)CCN(C)C. The van der Waals surface area contributed by atoms with E-state index in [4.69, 9.17) is 24.1 Å². The number of allylic oxidation sites excluding steroid dienone is 16. The fourth-order valence-corrected chi connectivity index (χ4v) is 13.5. The third kappa shape index (κ3) is 88.2. The maximum absolute atomic E-state index is 12.8. The molecule has 14 heteroatoms. The van der Waals surface area contributed by atoms with Crippen LogP contribution >= 0.6 is 0 Å². The van der Waals surface area contributed by atoms with Crippen LogP contribution in [0.25, 0.3) is 0 Å². The van der Waals surface area contributed by atoms with E-state index in [2.05, 4.69) is 187 Å². The monoisotopic (exact) mass is 1620 g/mol. The zero-order valence-corrected chi connectivity index (χ0v) is 77.3. The number of unbranched alkanes of at least 4 members (excludes halogenated alkanes) is 38. The fourth-order valence-electron chi connectivity index (χ4n) is 13.5. The molecule has 0 radical (unpaired) electrons. The van der Waals surface area contributed by atoms with Crippen LogP contribution in [0.15, 0.2) is 121 Å². The van der Waals surface area contributed by atoms with Gasteiger partial charge in [0.05, 0.1) is 11.5 Å². The van der Waals surface area contributed by atoms with Gasteiger partial charge in [-0.05, 0) is 246 Å². The van der Waals surface area contributed by atoms with E-state index in [1.54, 1.807) is 0 Å². The van der Waals surface area contributed by atoms with E-state index >= 15 is 0 Å². The Morgan fingerprint density at radius 3 is 0.879 bits per heavy atom. The number of hydrogen-bond donors (Lipinski definition) is 1. The lowest BCUT2D eigenvalue weighted by Crippen LogP contribution is -2.35. The Morgan fingerprint density at radius 2 is 0.603 bits per heavy atom. The third-order valence-electron chi connectivity index (χ3n) is 21.1. The number of aliphatic hydroxyl groups is 1. The van der Waals surface area contributed by atoms with Crippen molar-refractivity contribution in [2.45, 2.75) is 413 Å². The summed E-state index contributed by atoms with van der Waals surface area (Å²) in [6, 6.07) is 5.52. The molecule has 0 spiro atoms. The van der Waals surface area contributed by atoms with Crippen molar-refractivity contribution in [3.05, 3.63) is 132 Å². The number of hydrogen-bond acceptors (Lipinski definition) is 13. The fraction of sp³-hybridized carbons (Fsp3) is 0.765. The molecule has 0 saturated carbocycles. The van der Waals surface area contributed by atoms with Crippen LogP contribution in [0.5, 0.6) is 5.75 Å². The Balaban J connectivity index is 0. The summed E-state index contributed by atoms with van der Waals surface area (Å²) in [6.07, 6.45) is 103. The smallest absolute Gasteiger partial charge is 0.433 e.